The Morgan fingerprint density at radius 2 is 1.83 bits per heavy atom. The van der Waals surface area contributed by atoms with Gasteiger partial charge in [-0.2, -0.15) is 0 Å². The van der Waals surface area contributed by atoms with Crippen LogP contribution in [-0.2, 0) is 0 Å². The summed E-state index contributed by atoms with van der Waals surface area (Å²) in [6.07, 6.45) is 0. The normalized spacial score (nSPS) is 10.7. The number of amides is 1. The van der Waals surface area contributed by atoms with E-state index in [-0.39, 0.29) is 30.4 Å². The fourth-order valence-corrected chi connectivity index (χ4v) is 2.50. The van der Waals surface area contributed by atoms with Gasteiger partial charge in [0.05, 0.1) is 6.61 Å². The van der Waals surface area contributed by atoms with Crippen molar-refractivity contribution in [3.63, 3.8) is 0 Å². The molecule has 2 rings (SSSR count). The van der Waals surface area contributed by atoms with E-state index in [1.807, 2.05) is 0 Å². The first-order chi connectivity index (χ1) is 11.0. The van der Waals surface area contributed by atoms with Gasteiger partial charge in [0.15, 0.2) is 0 Å². The molecule has 5 heteroatoms. The highest BCUT2D eigenvalue weighted by atomic mass is 19.1. The molecule has 0 bridgehead atoms. The van der Waals surface area contributed by atoms with E-state index in [1.54, 1.807) is 19.9 Å². The Hall–Kier alpha value is -2.27. The molecule has 1 N–H and O–H groups in total. The molecule has 0 fully saturated rings. The smallest absolute Gasteiger partial charge is 0.254 e. The largest absolute Gasteiger partial charge is 0.395 e. The van der Waals surface area contributed by atoms with Crippen molar-refractivity contribution >= 4 is 5.91 Å². The van der Waals surface area contributed by atoms with Crippen molar-refractivity contribution in [1.82, 2.24) is 4.90 Å². The van der Waals surface area contributed by atoms with Gasteiger partial charge in [0.2, 0.25) is 0 Å². The molecular weight excluding hydrogens is 300 g/mol. The highest BCUT2D eigenvalue weighted by molar-refractivity contribution is 5.94. The summed E-state index contributed by atoms with van der Waals surface area (Å²) in [6, 6.07) is 8.39. The number of rotatable bonds is 5. The van der Waals surface area contributed by atoms with Crippen molar-refractivity contribution in [3.8, 4) is 11.1 Å². The highest BCUT2D eigenvalue weighted by Gasteiger charge is 2.16. The molecule has 0 unspecified atom stereocenters. The zero-order valence-electron chi connectivity index (χ0n) is 13.1. The number of hydrogen-bond donors (Lipinski definition) is 1. The van der Waals surface area contributed by atoms with E-state index in [9.17, 15) is 13.6 Å². The molecule has 0 saturated carbocycles. The Morgan fingerprint density at radius 3 is 2.39 bits per heavy atom. The number of halogens is 2. The van der Waals surface area contributed by atoms with E-state index >= 15 is 0 Å². The number of aliphatic hydroxyl groups excluding tert-OH is 1. The monoisotopic (exact) mass is 319 g/mol. The van der Waals surface area contributed by atoms with Gasteiger partial charge in [-0.1, -0.05) is 12.1 Å². The minimum absolute atomic E-state index is 0.144. The average molecular weight is 319 g/mol. The number of carbonyl (C=O) groups excluding carboxylic acids is 1. The standard InChI is InChI=1S/C18H19F2NO2/c1-3-21(8-9-22)18(23)13-4-6-16(17(20)11-13)15-7-5-14(19)10-12(15)2/h4-7,10-11,22H,3,8-9H2,1-2H3. The number of aryl methyl sites for hydroxylation is 1. The lowest BCUT2D eigenvalue weighted by Crippen LogP contribution is -2.33. The molecule has 0 aliphatic rings. The van der Waals surface area contributed by atoms with Crippen LogP contribution in [0.1, 0.15) is 22.8 Å². The molecule has 122 valence electrons. The maximum Gasteiger partial charge on any atom is 0.254 e. The van der Waals surface area contributed by atoms with Crippen LogP contribution in [0.4, 0.5) is 8.78 Å². The summed E-state index contributed by atoms with van der Waals surface area (Å²) in [6.45, 7) is 3.99. The summed E-state index contributed by atoms with van der Waals surface area (Å²) in [5.41, 5.74) is 1.76. The third-order valence-electron chi connectivity index (χ3n) is 3.73. The summed E-state index contributed by atoms with van der Waals surface area (Å²) in [4.78, 5) is 13.7. The summed E-state index contributed by atoms with van der Waals surface area (Å²) >= 11 is 0. The van der Waals surface area contributed by atoms with Crippen LogP contribution in [0.25, 0.3) is 11.1 Å². The van der Waals surface area contributed by atoms with Crippen molar-refractivity contribution in [2.24, 2.45) is 0 Å². The topological polar surface area (TPSA) is 40.5 Å². The first kappa shape index (κ1) is 17.1. The van der Waals surface area contributed by atoms with E-state index in [1.165, 1.54) is 35.2 Å². The molecule has 2 aromatic rings. The van der Waals surface area contributed by atoms with Crippen LogP contribution in [0, 0.1) is 18.6 Å². The van der Waals surface area contributed by atoms with Gasteiger partial charge in [0.1, 0.15) is 11.6 Å². The Balaban J connectivity index is 2.36. The minimum Gasteiger partial charge on any atom is -0.395 e. The van der Waals surface area contributed by atoms with Gasteiger partial charge in [0, 0.05) is 24.2 Å². The molecule has 0 saturated heterocycles. The lowest BCUT2D eigenvalue weighted by Gasteiger charge is -2.20. The number of hydrogen-bond acceptors (Lipinski definition) is 2. The second-order valence-electron chi connectivity index (χ2n) is 5.26. The predicted molar refractivity (Wildman–Crippen MR) is 85.2 cm³/mol. The van der Waals surface area contributed by atoms with Gasteiger partial charge in [-0.25, -0.2) is 8.78 Å². The van der Waals surface area contributed by atoms with Crippen molar-refractivity contribution in [2.45, 2.75) is 13.8 Å². The first-order valence-electron chi connectivity index (χ1n) is 7.44. The van der Waals surface area contributed by atoms with Crippen LogP contribution < -0.4 is 0 Å². The molecule has 1 amide bonds. The summed E-state index contributed by atoms with van der Waals surface area (Å²) in [7, 11) is 0. The number of carbonyl (C=O) groups is 1. The molecular formula is C18H19F2NO2. The Bertz CT molecular complexity index is 716. The number of nitrogens with zero attached hydrogens (tertiary/aromatic N) is 1. The van der Waals surface area contributed by atoms with Crippen LogP contribution in [0.3, 0.4) is 0 Å². The molecule has 23 heavy (non-hydrogen) atoms. The first-order valence-corrected chi connectivity index (χ1v) is 7.44. The Kier molecular flexibility index (Phi) is 5.45. The molecule has 2 aromatic carbocycles. The van der Waals surface area contributed by atoms with Gasteiger partial charge in [0.25, 0.3) is 5.91 Å². The third kappa shape index (κ3) is 3.74. The second-order valence-corrected chi connectivity index (χ2v) is 5.26. The lowest BCUT2D eigenvalue weighted by molar-refractivity contribution is 0.0731. The summed E-state index contributed by atoms with van der Waals surface area (Å²) in [5, 5.41) is 8.97. The molecule has 0 aliphatic carbocycles. The van der Waals surface area contributed by atoms with Crippen LogP contribution in [0.2, 0.25) is 0 Å². The van der Waals surface area contributed by atoms with Gasteiger partial charge in [-0.15, -0.1) is 0 Å². The summed E-state index contributed by atoms with van der Waals surface area (Å²) < 4.78 is 27.6. The molecule has 0 aliphatic heterocycles. The van der Waals surface area contributed by atoms with E-state index in [4.69, 9.17) is 5.11 Å². The zero-order valence-corrected chi connectivity index (χ0v) is 13.1. The molecule has 0 heterocycles. The van der Waals surface area contributed by atoms with E-state index in [0.29, 0.717) is 23.2 Å². The van der Waals surface area contributed by atoms with Crippen molar-refractivity contribution in [2.75, 3.05) is 19.7 Å². The maximum atomic E-state index is 14.4. The molecule has 0 spiro atoms. The number of aliphatic hydroxyl groups is 1. The van der Waals surface area contributed by atoms with Crippen LogP contribution in [-0.4, -0.2) is 35.6 Å². The Morgan fingerprint density at radius 1 is 1.13 bits per heavy atom. The number of benzene rings is 2. The maximum absolute atomic E-state index is 14.4. The zero-order chi connectivity index (χ0) is 17.0. The second kappa shape index (κ2) is 7.33. The highest BCUT2D eigenvalue weighted by Crippen LogP contribution is 2.27. The fraction of sp³-hybridized carbons (Fsp3) is 0.278. The van der Waals surface area contributed by atoms with Crippen molar-refractivity contribution < 1.29 is 18.7 Å². The van der Waals surface area contributed by atoms with Gasteiger partial charge >= 0.3 is 0 Å². The molecule has 3 nitrogen and oxygen atoms in total. The van der Waals surface area contributed by atoms with Crippen molar-refractivity contribution in [1.29, 1.82) is 0 Å². The Labute approximate surface area is 134 Å². The SMILES string of the molecule is CCN(CCO)C(=O)c1ccc(-c2ccc(F)cc2C)c(F)c1. The van der Waals surface area contributed by atoms with E-state index in [2.05, 4.69) is 0 Å². The predicted octanol–water partition coefficient (Wildman–Crippen LogP) is 3.39. The van der Waals surface area contributed by atoms with Crippen LogP contribution in [0.15, 0.2) is 36.4 Å². The van der Waals surface area contributed by atoms with Gasteiger partial charge < -0.3 is 10.0 Å². The fourth-order valence-electron chi connectivity index (χ4n) is 2.50. The molecule has 0 atom stereocenters. The van der Waals surface area contributed by atoms with Crippen LogP contribution in [0.5, 0.6) is 0 Å². The van der Waals surface area contributed by atoms with Crippen LogP contribution >= 0.6 is 0 Å². The van der Waals surface area contributed by atoms with Crippen molar-refractivity contribution in [3.05, 3.63) is 59.2 Å². The quantitative estimate of drug-likeness (QED) is 0.917. The van der Waals surface area contributed by atoms with Gasteiger partial charge in [-0.05, 0) is 49.2 Å². The molecule has 0 radical (unpaired) electrons. The number of likely N-dealkylation sites (N-methyl/N-ethyl adjacent to an activating group) is 1. The minimum atomic E-state index is -0.536. The average Bonchev–Trinajstić information content (AvgIpc) is 2.52. The third-order valence-corrected chi connectivity index (χ3v) is 3.73. The summed E-state index contributed by atoms with van der Waals surface area (Å²) in [5.74, 6) is -1.24. The molecule has 0 aromatic heterocycles. The lowest BCUT2D eigenvalue weighted by atomic mass is 9.98. The van der Waals surface area contributed by atoms with E-state index in [0.717, 1.165) is 0 Å². The van der Waals surface area contributed by atoms with E-state index < -0.39 is 5.82 Å². The van der Waals surface area contributed by atoms with Gasteiger partial charge in [-0.3, -0.25) is 4.79 Å².